The molecule has 1 aliphatic rings. The fraction of sp³-hybridized carbons (Fsp3) is 0.429. The molecule has 7 heteroatoms. The van der Waals surface area contributed by atoms with E-state index in [0.29, 0.717) is 18.1 Å². The summed E-state index contributed by atoms with van der Waals surface area (Å²) in [5, 5.41) is 12.1. The standard InChI is InChI=1S/C14H18ClN3O3/c1-9-8-18(6-5-17(9)2)14(21)16-12-4-3-10(15)7-11(12)13(19)20/h3-4,7,9H,5-6,8H2,1-2H3,(H,16,21)(H,19,20). The largest absolute Gasteiger partial charge is 0.478 e. The number of likely N-dealkylation sites (N-methyl/N-ethyl adjacent to an activating group) is 1. The van der Waals surface area contributed by atoms with E-state index in [2.05, 4.69) is 10.2 Å². The number of benzene rings is 1. The number of halogens is 1. The van der Waals surface area contributed by atoms with Crippen LogP contribution in [0.1, 0.15) is 17.3 Å². The van der Waals surface area contributed by atoms with Gasteiger partial charge in [-0.15, -0.1) is 0 Å². The van der Waals surface area contributed by atoms with E-state index in [9.17, 15) is 9.59 Å². The molecular formula is C14H18ClN3O3. The van der Waals surface area contributed by atoms with E-state index >= 15 is 0 Å². The molecule has 0 aliphatic carbocycles. The molecule has 1 aliphatic heterocycles. The maximum Gasteiger partial charge on any atom is 0.337 e. The van der Waals surface area contributed by atoms with Crippen LogP contribution in [0.15, 0.2) is 18.2 Å². The van der Waals surface area contributed by atoms with Gasteiger partial charge in [0.1, 0.15) is 0 Å². The summed E-state index contributed by atoms with van der Waals surface area (Å²) in [5.74, 6) is -1.13. The van der Waals surface area contributed by atoms with Gasteiger partial charge in [0.25, 0.3) is 0 Å². The van der Waals surface area contributed by atoms with Crippen molar-refractivity contribution in [3.63, 3.8) is 0 Å². The number of carbonyl (C=O) groups excluding carboxylic acids is 1. The van der Waals surface area contributed by atoms with Gasteiger partial charge in [-0.05, 0) is 32.2 Å². The average Bonchev–Trinajstić information content (AvgIpc) is 2.43. The van der Waals surface area contributed by atoms with Crippen molar-refractivity contribution in [3.05, 3.63) is 28.8 Å². The third-order valence-electron chi connectivity index (χ3n) is 3.70. The number of hydrogen-bond acceptors (Lipinski definition) is 3. The highest BCUT2D eigenvalue weighted by Crippen LogP contribution is 2.21. The fourth-order valence-electron chi connectivity index (χ4n) is 2.23. The first-order valence-corrected chi connectivity index (χ1v) is 7.05. The number of urea groups is 1. The van der Waals surface area contributed by atoms with Gasteiger partial charge in [-0.2, -0.15) is 0 Å². The SMILES string of the molecule is CC1CN(C(=O)Nc2ccc(Cl)cc2C(=O)O)CCN1C. The number of rotatable bonds is 2. The van der Waals surface area contributed by atoms with Crippen molar-refractivity contribution < 1.29 is 14.7 Å². The molecule has 114 valence electrons. The summed E-state index contributed by atoms with van der Waals surface area (Å²) in [4.78, 5) is 27.3. The van der Waals surface area contributed by atoms with Gasteiger partial charge in [0, 0.05) is 30.7 Å². The Morgan fingerprint density at radius 2 is 2.10 bits per heavy atom. The van der Waals surface area contributed by atoms with Crippen molar-refractivity contribution in [2.45, 2.75) is 13.0 Å². The third kappa shape index (κ3) is 3.65. The van der Waals surface area contributed by atoms with E-state index in [4.69, 9.17) is 16.7 Å². The number of anilines is 1. The summed E-state index contributed by atoms with van der Waals surface area (Å²) >= 11 is 5.79. The summed E-state index contributed by atoms with van der Waals surface area (Å²) in [7, 11) is 2.02. The molecule has 0 radical (unpaired) electrons. The van der Waals surface area contributed by atoms with Crippen molar-refractivity contribution in [1.82, 2.24) is 9.80 Å². The Labute approximate surface area is 128 Å². The molecule has 0 aromatic heterocycles. The van der Waals surface area contributed by atoms with Crippen LogP contribution in [0.4, 0.5) is 10.5 Å². The molecule has 2 amide bonds. The first-order chi connectivity index (χ1) is 9.88. The zero-order valence-corrected chi connectivity index (χ0v) is 12.7. The van der Waals surface area contributed by atoms with Crippen LogP contribution in [0, 0.1) is 0 Å². The van der Waals surface area contributed by atoms with Crippen molar-refractivity contribution in [2.75, 3.05) is 32.0 Å². The molecule has 0 saturated carbocycles. The van der Waals surface area contributed by atoms with E-state index in [1.807, 2.05) is 14.0 Å². The van der Waals surface area contributed by atoms with E-state index < -0.39 is 5.97 Å². The second-order valence-electron chi connectivity index (χ2n) is 5.20. The summed E-state index contributed by atoms with van der Waals surface area (Å²) in [6.45, 7) is 4.06. The molecule has 1 aromatic carbocycles. The highest BCUT2D eigenvalue weighted by Gasteiger charge is 2.25. The maximum atomic E-state index is 12.2. The Bertz CT molecular complexity index is 564. The van der Waals surface area contributed by atoms with Crippen molar-refractivity contribution in [2.24, 2.45) is 0 Å². The van der Waals surface area contributed by atoms with Gasteiger partial charge in [0.05, 0.1) is 11.3 Å². The number of carboxylic acids is 1. The molecule has 0 bridgehead atoms. The molecule has 6 nitrogen and oxygen atoms in total. The first-order valence-electron chi connectivity index (χ1n) is 6.67. The number of carbonyl (C=O) groups is 2. The smallest absolute Gasteiger partial charge is 0.337 e. The topological polar surface area (TPSA) is 72.9 Å². The number of nitrogens with zero attached hydrogens (tertiary/aromatic N) is 2. The molecule has 21 heavy (non-hydrogen) atoms. The van der Waals surface area contributed by atoms with E-state index in [1.54, 1.807) is 11.0 Å². The van der Waals surface area contributed by atoms with Crippen LogP contribution in [-0.2, 0) is 0 Å². The Balaban J connectivity index is 2.11. The molecule has 2 N–H and O–H groups in total. The number of aromatic carboxylic acids is 1. The van der Waals surface area contributed by atoms with Gasteiger partial charge in [0.2, 0.25) is 0 Å². The quantitative estimate of drug-likeness (QED) is 0.878. The lowest BCUT2D eigenvalue weighted by Crippen LogP contribution is -2.53. The Kier molecular flexibility index (Phi) is 4.69. The fourth-order valence-corrected chi connectivity index (χ4v) is 2.40. The molecule has 2 rings (SSSR count). The van der Waals surface area contributed by atoms with E-state index in [0.717, 1.165) is 6.54 Å². The van der Waals surface area contributed by atoms with Crippen molar-refractivity contribution >= 4 is 29.3 Å². The highest BCUT2D eigenvalue weighted by molar-refractivity contribution is 6.31. The molecule has 0 spiro atoms. The van der Waals surface area contributed by atoms with Gasteiger partial charge in [-0.3, -0.25) is 0 Å². The minimum Gasteiger partial charge on any atom is -0.478 e. The van der Waals surface area contributed by atoms with Crippen molar-refractivity contribution in [3.8, 4) is 0 Å². The zero-order chi connectivity index (χ0) is 15.6. The number of carboxylic acid groups (broad SMARTS) is 1. The maximum absolute atomic E-state index is 12.2. The van der Waals surface area contributed by atoms with Gasteiger partial charge in [0.15, 0.2) is 0 Å². The van der Waals surface area contributed by atoms with Crippen LogP contribution < -0.4 is 5.32 Å². The van der Waals surface area contributed by atoms with Gasteiger partial charge >= 0.3 is 12.0 Å². The molecule has 1 heterocycles. The predicted molar refractivity (Wildman–Crippen MR) is 81.1 cm³/mol. The monoisotopic (exact) mass is 311 g/mol. The third-order valence-corrected chi connectivity index (χ3v) is 3.94. The van der Waals surface area contributed by atoms with Crippen LogP contribution in [0.3, 0.4) is 0 Å². The van der Waals surface area contributed by atoms with Crippen LogP contribution in [-0.4, -0.2) is 59.6 Å². The molecule has 1 aromatic rings. The van der Waals surface area contributed by atoms with E-state index in [-0.39, 0.29) is 23.3 Å². The predicted octanol–water partition coefficient (Wildman–Crippen LogP) is 2.21. The number of amides is 2. The summed E-state index contributed by atoms with van der Waals surface area (Å²) in [5.41, 5.74) is 0.238. The first kappa shape index (κ1) is 15.6. The Morgan fingerprint density at radius 3 is 2.71 bits per heavy atom. The summed E-state index contributed by atoms with van der Waals surface area (Å²) in [6.07, 6.45) is 0. The molecule has 1 fully saturated rings. The van der Waals surface area contributed by atoms with Gasteiger partial charge in [-0.25, -0.2) is 9.59 Å². The molecular weight excluding hydrogens is 294 g/mol. The lowest BCUT2D eigenvalue weighted by atomic mass is 10.1. The van der Waals surface area contributed by atoms with Gasteiger partial charge in [-0.1, -0.05) is 11.6 Å². The molecule has 1 unspecified atom stereocenters. The van der Waals surface area contributed by atoms with Crippen LogP contribution in [0.25, 0.3) is 0 Å². The lowest BCUT2D eigenvalue weighted by Gasteiger charge is -2.37. The highest BCUT2D eigenvalue weighted by atomic mass is 35.5. The second-order valence-corrected chi connectivity index (χ2v) is 5.64. The van der Waals surface area contributed by atoms with E-state index in [1.165, 1.54) is 12.1 Å². The Morgan fingerprint density at radius 1 is 1.38 bits per heavy atom. The second kappa shape index (κ2) is 6.32. The van der Waals surface area contributed by atoms with Crippen LogP contribution in [0.5, 0.6) is 0 Å². The number of nitrogens with one attached hydrogen (secondary N) is 1. The van der Waals surface area contributed by atoms with Gasteiger partial charge < -0.3 is 20.2 Å². The normalized spacial score (nSPS) is 19.4. The summed E-state index contributed by atoms with van der Waals surface area (Å²) in [6, 6.07) is 4.36. The zero-order valence-electron chi connectivity index (χ0n) is 12.0. The molecule has 1 saturated heterocycles. The number of piperazine rings is 1. The lowest BCUT2D eigenvalue weighted by molar-refractivity contribution is 0.0698. The Hall–Kier alpha value is -1.79. The molecule has 1 atom stereocenters. The number of hydrogen-bond donors (Lipinski definition) is 2. The minimum atomic E-state index is -1.13. The van der Waals surface area contributed by atoms with Crippen LogP contribution in [0.2, 0.25) is 5.02 Å². The van der Waals surface area contributed by atoms with Crippen molar-refractivity contribution in [1.29, 1.82) is 0 Å². The summed E-state index contributed by atoms with van der Waals surface area (Å²) < 4.78 is 0. The van der Waals surface area contributed by atoms with Crippen LogP contribution >= 0.6 is 11.6 Å². The minimum absolute atomic E-state index is 0.0157. The average molecular weight is 312 g/mol.